The Bertz CT molecular complexity index is 590. The average Bonchev–Trinajstić information content (AvgIpc) is 2.44. The fourth-order valence-electron chi connectivity index (χ4n) is 1.16. The minimum absolute atomic E-state index is 0.0693. The molecule has 1 aromatic rings. The van der Waals surface area contributed by atoms with E-state index < -0.39 is 30.2 Å². The van der Waals surface area contributed by atoms with E-state index in [0.717, 1.165) is 12.1 Å². The van der Waals surface area contributed by atoms with Crippen LogP contribution in [0, 0.1) is 5.82 Å². The fraction of sp³-hybridized carbons (Fsp3) is 0.154. The van der Waals surface area contributed by atoms with E-state index in [1.165, 1.54) is 25.1 Å². The molecule has 0 aliphatic carbocycles. The van der Waals surface area contributed by atoms with E-state index in [9.17, 15) is 18.8 Å². The molecule has 0 atom stereocenters. The summed E-state index contributed by atoms with van der Waals surface area (Å²) in [4.78, 5) is 33.0. The summed E-state index contributed by atoms with van der Waals surface area (Å²) in [6, 6.07) is 3.92. The molecule has 2 N–H and O–H groups in total. The highest BCUT2D eigenvalue weighted by atomic mass is 35.5. The summed E-state index contributed by atoms with van der Waals surface area (Å²) in [5, 5.41) is -0.0693. The highest BCUT2D eigenvalue weighted by Gasteiger charge is 2.05. The van der Waals surface area contributed by atoms with Crippen LogP contribution in [0.1, 0.15) is 12.5 Å². The zero-order chi connectivity index (χ0) is 15.8. The van der Waals surface area contributed by atoms with Crippen LogP contribution in [0.2, 0.25) is 5.02 Å². The SMILES string of the molecule is CC(=O)NNC(=O)COC(=O)/C=C/c1ccc(F)c(Cl)c1. The van der Waals surface area contributed by atoms with E-state index in [0.29, 0.717) is 5.56 Å². The molecule has 2 amide bonds. The third-order valence-electron chi connectivity index (χ3n) is 2.08. The van der Waals surface area contributed by atoms with Gasteiger partial charge in [0.25, 0.3) is 5.91 Å². The van der Waals surface area contributed by atoms with Gasteiger partial charge in [-0.15, -0.1) is 0 Å². The van der Waals surface area contributed by atoms with Crippen LogP contribution in [0.25, 0.3) is 6.08 Å². The first kappa shape index (κ1) is 16.6. The van der Waals surface area contributed by atoms with Crippen LogP contribution in [0.4, 0.5) is 4.39 Å². The molecule has 0 radical (unpaired) electrons. The van der Waals surface area contributed by atoms with Crippen molar-refractivity contribution in [2.75, 3.05) is 6.61 Å². The van der Waals surface area contributed by atoms with Crippen LogP contribution in [0.3, 0.4) is 0 Å². The fourth-order valence-corrected chi connectivity index (χ4v) is 1.35. The Morgan fingerprint density at radius 3 is 2.67 bits per heavy atom. The van der Waals surface area contributed by atoms with Gasteiger partial charge in [0, 0.05) is 13.0 Å². The molecule has 0 saturated carbocycles. The van der Waals surface area contributed by atoms with Crippen molar-refractivity contribution in [1.29, 1.82) is 0 Å². The Hall–Kier alpha value is -2.41. The molecule has 0 bridgehead atoms. The molecule has 0 fully saturated rings. The van der Waals surface area contributed by atoms with Gasteiger partial charge in [0.2, 0.25) is 5.91 Å². The van der Waals surface area contributed by atoms with Crippen molar-refractivity contribution in [3.63, 3.8) is 0 Å². The Balaban J connectivity index is 2.42. The lowest BCUT2D eigenvalue weighted by Crippen LogP contribution is -2.42. The molecule has 112 valence electrons. The maximum absolute atomic E-state index is 12.9. The first-order valence-electron chi connectivity index (χ1n) is 5.74. The smallest absolute Gasteiger partial charge is 0.331 e. The lowest BCUT2D eigenvalue weighted by atomic mass is 10.2. The maximum atomic E-state index is 12.9. The van der Waals surface area contributed by atoms with Crippen molar-refractivity contribution in [3.05, 3.63) is 40.7 Å². The van der Waals surface area contributed by atoms with Crippen molar-refractivity contribution in [3.8, 4) is 0 Å². The number of hydrazine groups is 1. The van der Waals surface area contributed by atoms with Gasteiger partial charge in [0.1, 0.15) is 5.82 Å². The van der Waals surface area contributed by atoms with Crippen molar-refractivity contribution in [1.82, 2.24) is 10.9 Å². The van der Waals surface area contributed by atoms with Crippen molar-refractivity contribution >= 4 is 35.5 Å². The molecule has 0 spiro atoms. The summed E-state index contributed by atoms with van der Waals surface area (Å²) in [6.45, 7) is 0.663. The number of hydrogen-bond donors (Lipinski definition) is 2. The van der Waals surface area contributed by atoms with E-state index in [-0.39, 0.29) is 5.02 Å². The molecular weight excluding hydrogens is 303 g/mol. The Morgan fingerprint density at radius 1 is 1.33 bits per heavy atom. The van der Waals surface area contributed by atoms with Crippen LogP contribution in [-0.4, -0.2) is 24.4 Å². The third kappa shape index (κ3) is 6.53. The summed E-state index contributed by atoms with van der Waals surface area (Å²) >= 11 is 5.58. The molecular formula is C13H12ClFN2O4. The number of nitrogens with one attached hydrogen (secondary N) is 2. The highest BCUT2D eigenvalue weighted by Crippen LogP contribution is 2.16. The van der Waals surface area contributed by atoms with Crippen LogP contribution in [-0.2, 0) is 19.1 Å². The summed E-state index contributed by atoms with van der Waals surface area (Å²) in [5.74, 6) is -2.47. The van der Waals surface area contributed by atoms with Gasteiger partial charge in [-0.05, 0) is 23.8 Å². The molecule has 8 heteroatoms. The van der Waals surface area contributed by atoms with E-state index in [1.54, 1.807) is 0 Å². The van der Waals surface area contributed by atoms with Gasteiger partial charge in [-0.1, -0.05) is 17.7 Å². The minimum atomic E-state index is -0.770. The number of hydrogen-bond acceptors (Lipinski definition) is 4. The molecule has 0 aromatic heterocycles. The third-order valence-corrected chi connectivity index (χ3v) is 2.37. The lowest BCUT2D eigenvalue weighted by Gasteiger charge is -2.04. The molecule has 0 aliphatic heterocycles. The number of amides is 2. The number of halogens is 2. The van der Waals surface area contributed by atoms with Crippen LogP contribution in [0.5, 0.6) is 0 Å². The summed E-state index contributed by atoms with van der Waals surface area (Å²) in [7, 11) is 0. The summed E-state index contributed by atoms with van der Waals surface area (Å²) < 4.78 is 17.5. The van der Waals surface area contributed by atoms with Crippen LogP contribution >= 0.6 is 11.6 Å². The Kier molecular flexibility index (Phi) is 6.35. The first-order chi connectivity index (χ1) is 9.88. The normalized spacial score (nSPS) is 10.2. The number of carbonyl (C=O) groups excluding carboxylic acids is 3. The molecule has 0 saturated heterocycles. The molecule has 1 aromatic carbocycles. The van der Waals surface area contributed by atoms with E-state index >= 15 is 0 Å². The van der Waals surface area contributed by atoms with Gasteiger partial charge in [-0.3, -0.25) is 20.4 Å². The first-order valence-corrected chi connectivity index (χ1v) is 6.11. The van der Waals surface area contributed by atoms with Crippen molar-refractivity contribution < 1.29 is 23.5 Å². The predicted octanol–water partition coefficient (Wildman–Crippen LogP) is 1.20. The zero-order valence-corrected chi connectivity index (χ0v) is 11.7. The van der Waals surface area contributed by atoms with Crippen molar-refractivity contribution in [2.24, 2.45) is 0 Å². The van der Waals surface area contributed by atoms with Crippen molar-refractivity contribution in [2.45, 2.75) is 6.92 Å². The Labute approximate surface area is 124 Å². The zero-order valence-electron chi connectivity index (χ0n) is 11.0. The quantitative estimate of drug-likeness (QED) is 0.497. The van der Waals surface area contributed by atoms with Gasteiger partial charge in [-0.25, -0.2) is 9.18 Å². The molecule has 21 heavy (non-hydrogen) atoms. The van der Waals surface area contributed by atoms with E-state index in [2.05, 4.69) is 4.74 Å². The summed E-state index contributed by atoms with van der Waals surface area (Å²) in [5.41, 5.74) is 4.57. The van der Waals surface area contributed by atoms with E-state index in [1.807, 2.05) is 10.9 Å². The van der Waals surface area contributed by atoms with Crippen LogP contribution < -0.4 is 10.9 Å². The van der Waals surface area contributed by atoms with E-state index in [4.69, 9.17) is 11.6 Å². The number of ether oxygens (including phenoxy) is 1. The lowest BCUT2D eigenvalue weighted by molar-refractivity contribution is -0.144. The molecule has 0 heterocycles. The van der Waals surface area contributed by atoms with Gasteiger partial charge < -0.3 is 4.74 Å². The summed E-state index contributed by atoms with van der Waals surface area (Å²) in [6.07, 6.45) is 2.43. The predicted molar refractivity (Wildman–Crippen MR) is 73.4 cm³/mol. The largest absolute Gasteiger partial charge is 0.452 e. The minimum Gasteiger partial charge on any atom is -0.452 e. The second-order valence-electron chi connectivity index (χ2n) is 3.84. The Morgan fingerprint density at radius 2 is 2.05 bits per heavy atom. The second-order valence-corrected chi connectivity index (χ2v) is 4.25. The second kappa shape index (κ2) is 8.01. The molecule has 0 unspecified atom stereocenters. The van der Waals surface area contributed by atoms with Gasteiger partial charge in [0.15, 0.2) is 6.61 Å². The monoisotopic (exact) mass is 314 g/mol. The molecule has 6 nitrogen and oxygen atoms in total. The number of rotatable bonds is 4. The van der Waals surface area contributed by atoms with Gasteiger partial charge >= 0.3 is 5.97 Å². The highest BCUT2D eigenvalue weighted by molar-refractivity contribution is 6.30. The maximum Gasteiger partial charge on any atom is 0.331 e. The molecule has 1 rings (SSSR count). The topological polar surface area (TPSA) is 84.5 Å². The van der Waals surface area contributed by atoms with Crippen LogP contribution in [0.15, 0.2) is 24.3 Å². The number of esters is 1. The van der Waals surface area contributed by atoms with Gasteiger partial charge in [0.05, 0.1) is 5.02 Å². The molecule has 0 aliphatic rings. The van der Waals surface area contributed by atoms with Gasteiger partial charge in [-0.2, -0.15) is 0 Å². The number of carbonyl (C=O) groups is 3. The average molecular weight is 315 g/mol. The standard InChI is InChI=1S/C13H12ClFN2O4/c1-8(18)16-17-12(19)7-21-13(20)5-3-9-2-4-11(15)10(14)6-9/h2-6H,7H2,1H3,(H,16,18)(H,17,19)/b5-3+. The number of benzene rings is 1.